The SMILES string of the molecule is COc1ccccc1N1CCN(CCCCNC(=O)c2ccc([123I])cc2)CC1. The number of rotatable bonds is 8. The Labute approximate surface area is 181 Å². The number of methoxy groups -OCH3 is 1. The van der Waals surface area contributed by atoms with Crippen LogP contribution in [0.5, 0.6) is 5.75 Å². The molecule has 1 aliphatic heterocycles. The number of hydrogen-bond donors (Lipinski definition) is 1. The normalized spacial score (nSPS) is 14.7. The van der Waals surface area contributed by atoms with Crippen LogP contribution in [0.3, 0.4) is 0 Å². The molecule has 1 heterocycles. The van der Waals surface area contributed by atoms with E-state index in [0.717, 1.165) is 67.0 Å². The third kappa shape index (κ3) is 5.85. The van der Waals surface area contributed by atoms with Gasteiger partial charge in [-0.1, -0.05) is 12.1 Å². The van der Waals surface area contributed by atoms with Gasteiger partial charge in [-0.05, 0) is 78.4 Å². The molecule has 0 aliphatic carbocycles. The summed E-state index contributed by atoms with van der Waals surface area (Å²) in [5.41, 5.74) is 1.91. The Balaban J connectivity index is 1.32. The van der Waals surface area contributed by atoms with Crippen LogP contribution >= 0.6 is 22.6 Å². The molecule has 1 saturated heterocycles. The van der Waals surface area contributed by atoms with Crippen LogP contribution in [-0.4, -0.2) is 57.2 Å². The highest BCUT2D eigenvalue weighted by Gasteiger charge is 2.19. The number of amides is 1. The minimum Gasteiger partial charge on any atom is -0.495 e. The molecule has 3 rings (SSSR count). The van der Waals surface area contributed by atoms with Crippen molar-refractivity contribution in [3.05, 3.63) is 57.7 Å². The summed E-state index contributed by atoms with van der Waals surface area (Å²) in [5.74, 6) is 0.960. The molecule has 0 bridgehead atoms. The van der Waals surface area contributed by atoms with Gasteiger partial charge in [-0.25, -0.2) is 0 Å². The van der Waals surface area contributed by atoms with Gasteiger partial charge >= 0.3 is 0 Å². The van der Waals surface area contributed by atoms with Gasteiger partial charge in [0.2, 0.25) is 0 Å². The first-order valence-electron chi connectivity index (χ1n) is 9.81. The summed E-state index contributed by atoms with van der Waals surface area (Å²) in [7, 11) is 1.73. The largest absolute Gasteiger partial charge is 0.495 e. The summed E-state index contributed by atoms with van der Waals surface area (Å²) in [4.78, 5) is 17.0. The second kappa shape index (κ2) is 10.7. The van der Waals surface area contributed by atoms with Crippen molar-refractivity contribution in [3.8, 4) is 5.75 Å². The van der Waals surface area contributed by atoms with E-state index in [1.54, 1.807) is 7.11 Å². The second-order valence-electron chi connectivity index (χ2n) is 6.97. The number of nitrogens with one attached hydrogen (secondary N) is 1. The smallest absolute Gasteiger partial charge is 0.251 e. The molecule has 1 aliphatic rings. The number of benzene rings is 2. The first kappa shape index (κ1) is 20.9. The monoisotopic (exact) mass is 489 g/mol. The number of anilines is 1. The minimum absolute atomic E-state index is 0.0156. The van der Waals surface area contributed by atoms with Crippen molar-refractivity contribution in [2.75, 3.05) is 51.3 Å². The van der Waals surface area contributed by atoms with E-state index >= 15 is 0 Å². The van der Waals surface area contributed by atoms with Crippen LogP contribution in [0.4, 0.5) is 5.69 Å². The van der Waals surface area contributed by atoms with Gasteiger partial charge < -0.3 is 15.0 Å². The maximum absolute atomic E-state index is 12.1. The van der Waals surface area contributed by atoms with Gasteiger partial charge in [0.1, 0.15) is 5.75 Å². The molecule has 0 radical (unpaired) electrons. The van der Waals surface area contributed by atoms with Crippen molar-refractivity contribution in [2.24, 2.45) is 0 Å². The quantitative estimate of drug-likeness (QED) is 0.455. The summed E-state index contributed by atoms with van der Waals surface area (Å²) < 4.78 is 6.62. The highest BCUT2D eigenvalue weighted by Crippen LogP contribution is 2.28. The van der Waals surface area contributed by atoms with Crippen LogP contribution in [-0.2, 0) is 0 Å². The Kier molecular flexibility index (Phi) is 7.97. The van der Waals surface area contributed by atoms with E-state index in [-0.39, 0.29) is 5.91 Å². The molecular weight excluding hydrogens is 461 g/mol. The Morgan fingerprint density at radius 3 is 2.46 bits per heavy atom. The molecule has 2 aromatic carbocycles. The Morgan fingerprint density at radius 2 is 1.75 bits per heavy atom. The lowest BCUT2D eigenvalue weighted by atomic mass is 10.2. The van der Waals surface area contributed by atoms with Crippen LogP contribution in [0.1, 0.15) is 23.2 Å². The van der Waals surface area contributed by atoms with Crippen molar-refractivity contribution in [3.63, 3.8) is 0 Å². The third-order valence-corrected chi connectivity index (χ3v) is 5.81. The van der Waals surface area contributed by atoms with E-state index in [2.05, 4.69) is 49.8 Å². The lowest BCUT2D eigenvalue weighted by Gasteiger charge is -2.36. The number of unbranched alkanes of at least 4 members (excludes halogenated alkanes) is 1. The highest BCUT2D eigenvalue weighted by molar-refractivity contribution is 14.1. The van der Waals surface area contributed by atoms with E-state index < -0.39 is 0 Å². The molecular formula is C22H28IN3O2. The van der Waals surface area contributed by atoms with E-state index in [4.69, 9.17) is 4.74 Å². The molecule has 6 heteroatoms. The zero-order chi connectivity index (χ0) is 19.8. The van der Waals surface area contributed by atoms with Crippen LogP contribution in [0.15, 0.2) is 48.5 Å². The fraction of sp³-hybridized carbons (Fsp3) is 0.409. The number of carbonyl (C=O) groups is 1. The molecule has 0 atom stereocenters. The summed E-state index contributed by atoms with van der Waals surface area (Å²) in [6.45, 7) is 5.97. The molecule has 0 saturated carbocycles. The van der Waals surface area contributed by atoms with Gasteiger partial charge in [0, 0.05) is 41.9 Å². The number of hydrogen-bond acceptors (Lipinski definition) is 4. The lowest BCUT2D eigenvalue weighted by Crippen LogP contribution is -2.46. The number of para-hydroxylation sites is 2. The molecule has 1 fully saturated rings. The Morgan fingerprint density at radius 1 is 1.04 bits per heavy atom. The van der Waals surface area contributed by atoms with Crippen molar-refractivity contribution in [1.82, 2.24) is 10.2 Å². The van der Waals surface area contributed by atoms with E-state index in [0.29, 0.717) is 0 Å². The number of ether oxygens (including phenoxy) is 1. The van der Waals surface area contributed by atoms with Crippen LogP contribution < -0.4 is 15.0 Å². The average Bonchev–Trinajstić information content (AvgIpc) is 2.74. The Hall–Kier alpha value is -1.80. The molecule has 28 heavy (non-hydrogen) atoms. The zero-order valence-electron chi connectivity index (χ0n) is 16.4. The molecule has 2 aromatic rings. The predicted molar refractivity (Wildman–Crippen MR) is 122 cm³/mol. The highest BCUT2D eigenvalue weighted by atomic mass is 123. The Bertz CT molecular complexity index is 759. The van der Waals surface area contributed by atoms with Gasteiger partial charge in [-0.3, -0.25) is 9.69 Å². The van der Waals surface area contributed by atoms with Crippen molar-refractivity contribution in [1.29, 1.82) is 0 Å². The molecule has 0 unspecified atom stereocenters. The van der Waals surface area contributed by atoms with Gasteiger partial charge in [0.15, 0.2) is 0 Å². The van der Waals surface area contributed by atoms with Crippen LogP contribution in [0, 0.1) is 3.57 Å². The van der Waals surface area contributed by atoms with Gasteiger partial charge in [0.25, 0.3) is 5.91 Å². The fourth-order valence-electron chi connectivity index (χ4n) is 3.47. The molecule has 5 nitrogen and oxygen atoms in total. The van der Waals surface area contributed by atoms with Crippen LogP contribution in [0.2, 0.25) is 0 Å². The average molecular weight is 489 g/mol. The first-order valence-corrected chi connectivity index (χ1v) is 10.9. The van der Waals surface area contributed by atoms with Crippen LogP contribution in [0.25, 0.3) is 0 Å². The van der Waals surface area contributed by atoms with Gasteiger partial charge in [0.05, 0.1) is 12.8 Å². The second-order valence-corrected chi connectivity index (χ2v) is 8.22. The third-order valence-electron chi connectivity index (χ3n) is 5.09. The van der Waals surface area contributed by atoms with E-state index in [1.807, 2.05) is 36.4 Å². The predicted octanol–water partition coefficient (Wildman–Crippen LogP) is 3.63. The summed E-state index contributed by atoms with van der Waals surface area (Å²) in [5, 5.41) is 3.02. The van der Waals surface area contributed by atoms with E-state index in [9.17, 15) is 4.79 Å². The maximum atomic E-state index is 12.1. The molecule has 0 aromatic heterocycles. The topological polar surface area (TPSA) is 44.8 Å². The minimum atomic E-state index is 0.0156. The molecule has 150 valence electrons. The first-order chi connectivity index (χ1) is 13.7. The molecule has 0 spiro atoms. The lowest BCUT2D eigenvalue weighted by molar-refractivity contribution is 0.0952. The summed E-state index contributed by atoms with van der Waals surface area (Å²) in [6.07, 6.45) is 2.10. The van der Waals surface area contributed by atoms with E-state index in [1.165, 1.54) is 5.69 Å². The van der Waals surface area contributed by atoms with Crippen molar-refractivity contribution >= 4 is 34.2 Å². The number of piperazine rings is 1. The standard InChI is InChI=1S/C22H28IN3O2/c1-28-21-7-3-2-6-20(21)26-16-14-25(15-17-26)13-5-4-12-24-22(27)18-8-10-19(23)11-9-18/h2-3,6-11H,4-5,12-17H2,1H3,(H,24,27)/i23-4. The number of carbonyl (C=O) groups excluding carboxylic acids is 1. The number of nitrogens with zero attached hydrogens (tertiary/aromatic N) is 2. The number of halogens is 1. The van der Waals surface area contributed by atoms with Crippen molar-refractivity contribution < 1.29 is 9.53 Å². The van der Waals surface area contributed by atoms with Crippen molar-refractivity contribution in [2.45, 2.75) is 12.8 Å². The van der Waals surface area contributed by atoms with Gasteiger partial charge in [-0.2, -0.15) is 0 Å². The van der Waals surface area contributed by atoms with Gasteiger partial charge in [-0.15, -0.1) is 0 Å². The molecule has 1 amide bonds. The summed E-state index contributed by atoms with van der Waals surface area (Å²) >= 11 is 2.24. The summed E-state index contributed by atoms with van der Waals surface area (Å²) in [6, 6.07) is 15.9. The zero-order valence-corrected chi connectivity index (χ0v) is 18.5. The molecule has 1 N–H and O–H groups in total. The maximum Gasteiger partial charge on any atom is 0.251 e. The fourth-order valence-corrected chi connectivity index (χ4v) is 3.83.